The van der Waals surface area contributed by atoms with Gasteiger partial charge in [-0.1, -0.05) is 52.4 Å². The molecule has 0 heteroatoms. The Bertz CT molecular complexity index is 375. The molecule has 4 aliphatic rings. The second kappa shape index (κ2) is 6.14. The normalized spacial score (nSPS) is 47.7. The predicted molar refractivity (Wildman–Crippen MR) is 94.7 cm³/mol. The van der Waals surface area contributed by atoms with E-state index >= 15 is 0 Å². The molecule has 0 spiro atoms. The van der Waals surface area contributed by atoms with Crippen LogP contribution in [0.25, 0.3) is 0 Å². The zero-order chi connectivity index (χ0) is 15.2. The summed E-state index contributed by atoms with van der Waals surface area (Å²) in [5.41, 5.74) is 0.708. The van der Waals surface area contributed by atoms with Gasteiger partial charge in [0, 0.05) is 0 Å². The summed E-state index contributed by atoms with van der Waals surface area (Å²) in [4.78, 5) is 0. The first kappa shape index (κ1) is 15.5. The quantitative estimate of drug-likeness (QED) is 0.524. The molecule has 0 amide bonds. The van der Waals surface area contributed by atoms with E-state index in [1.165, 1.54) is 38.5 Å². The van der Waals surface area contributed by atoms with Crippen LogP contribution >= 0.6 is 0 Å². The summed E-state index contributed by atoms with van der Waals surface area (Å²) in [6, 6.07) is 0. The van der Waals surface area contributed by atoms with Gasteiger partial charge in [-0.3, -0.25) is 0 Å². The molecule has 0 radical (unpaired) electrons. The van der Waals surface area contributed by atoms with Gasteiger partial charge in [-0.15, -0.1) is 0 Å². The van der Waals surface area contributed by atoms with Gasteiger partial charge in [0.2, 0.25) is 0 Å². The topological polar surface area (TPSA) is 0 Å². The van der Waals surface area contributed by atoms with E-state index in [4.69, 9.17) is 0 Å². The van der Waals surface area contributed by atoms with Crippen LogP contribution in [0.15, 0.2) is 0 Å². The Hall–Kier alpha value is 0. The first-order valence-electron chi connectivity index (χ1n) is 10.6. The van der Waals surface area contributed by atoms with Gasteiger partial charge < -0.3 is 0 Å². The average Bonchev–Trinajstić information content (AvgIpc) is 2.87. The van der Waals surface area contributed by atoms with Gasteiger partial charge in [-0.2, -0.15) is 0 Å². The fourth-order valence-corrected chi connectivity index (χ4v) is 7.59. The van der Waals surface area contributed by atoms with E-state index in [-0.39, 0.29) is 0 Å². The molecule has 4 saturated carbocycles. The smallest absolute Gasteiger partial charge is 0.0323 e. The van der Waals surface area contributed by atoms with Crippen molar-refractivity contribution in [3.63, 3.8) is 0 Å². The molecule has 4 aliphatic carbocycles. The molecule has 0 saturated heterocycles. The summed E-state index contributed by atoms with van der Waals surface area (Å²) < 4.78 is 0. The molecule has 6 unspecified atom stereocenters. The summed E-state index contributed by atoms with van der Waals surface area (Å²) >= 11 is 0. The predicted octanol–water partition coefficient (Wildman–Crippen LogP) is 6.84. The highest BCUT2D eigenvalue weighted by Gasteiger charge is 2.49. The molecule has 126 valence electrons. The third-order valence-corrected chi connectivity index (χ3v) is 8.53. The first-order chi connectivity index (χ1) is 10.6. The zero-order valence-corrected chi connectivity index (χ0v) is 15.2. The summed E-state index contributed by atoms with van der Waals surface area (Å²) in [6.07, 6.45) is 20.2. The lowest BCUT2D eigenvalue weighted by molar-refractivity contribution is 0.0648. The molecule has 0 aromatic heterocycles. The van der Waals surface area contributed by atoms with Crippen molar-refractivity contribution in [3.8, 4) is 0 Å². The van der Waals surface area contributed by atoms with Crippen LogP contribution in [0, 0.1) is 40.9 Å². The van der Waals surface area contributed by atoms with Crippen molar-refractivity contribution in [1.82, 2.24) is 0 Å². The maximum Gasteiger partial charge on any atom is -0.0323 e. The Balaban J connectivity index is 1.43. The van der Waals surface area contributed by atoms with E-state index in [2.05, 4.69) is 13.8 Å². The van der Waals surface area contributed by atoms with Gasteiger partial charge in [0.1, 0.15) is 0 Å². The molecular formula is C22H38. The second-order valence-electron chi connectivity index (χ2n) is 10.2. The van der Waals surface area contributed by atoms with Crippen molar-refractivity contribution in [3.05, 3.63) is 0 Å². The largest absolute Gasteiger partial charge is 0.0622 e. The lowest BCUT2D eigenvalue weighted by Crippen LogP contribution is -2.34. The molecular weight excluding hydrogens is 264 g/mol. The van der Waals surface area contributed by atoms with E-state index in [9.17, 15) is 0 Å². The zero-order valence-electron chi connectivity index (χ0n) is 15.2. The third-order valence-electron chi connectivity index (χ3n) is 8.53. The van der Waals surface area contributed by atoms with Gasteiger partial charge in [-0.25, -0.2) is 0 Å². The maximum absolute atomic E-state index is 2.63. The Labute approximate surface area is 138 Å². The molecule has 0 nitrogen and oxygen atoms in total. The third kappa shape index (κ3) is 2.89. The lowest BCUT2D eigenvalue weighted by atomic mass is 9.61. The Morgan fingerprint density at radius 2 is 1.55 bits per heavy atom. The molecule has 0 aliphatic heterocycles. The van der Waals surface area contributed by atoms with E-state index in [0.29, 0.717) is 5.41 Å². The molecule has 6 atom stereocenters. The Morgan fingerprint density at radius 1 is 0.773 bits per heavy atom. The van der Waals surface area contributed by atoms with Gasteiger partial charge in [0.25, 0.3) is 0 Å². The van der Waals surface area contributed by atoms with E-state index in [1.54, 1.807) is 44.9 Å². The molecule has 22 heavy (non-hydrogen) atoms. The van der Waals surface area contributed by atoms with Crippen molar-refractivity contribution >= 4 is 0 Å². The van der Waals surface area contributed by atoms with Gasteiger partial charge in [0.15, 0.2) is 0 Å². The van der Waals surface area contributed by atoms with Crippen molar-refractivity contribution in [1.29, 1.82) is 0 Å². The second-order valence-corrected chi connectivity index (χ2v) is 10.2. The number of rotatable bonds is 2. The minimum Gasteiger partial charge on any atom is -0.0622 e. The van der Waals surface area contributed by atoms with Crippen molar-refractivity contribution in [2.24, 2.45) is 40.9 Å². The number of fused-ring (bicyclic) bond motifs is 3. The van der Waals surface area contributed by atoms with Crippen LogP contribution in [-0.4, -0.2) is 0 Å². The monoisotopic (exact) mass is 302 g/mol. The van der Waals surface area contributed by atoms with Crippen LogP contribution in [0.4, 0.5) is 0 Å². The molecule has 0 heterocycles. The van der Waals surface area contributed by atoms with E-state index in [0.717, 1.165) is 35.5 Å². The van der Waals surface area contributed by atoms with Gasteiger partial charge in [0.05, 0.1) is 0 Å². The standard InChI is InChI=1S/C22H38/c1-16-12-17(15-22(2)10-6-3-7-11-22)13-21-19-9-5-4-8-18(19)14-20(16)21/h16-21H,3-15H2,1-2H3. The summed E-state index contributed by atoms with van der Waals surface area (Å²) in [6.45, 7) is 5.24. The highest BCUT2D eigenvalue weighted by molar-refractivity contribution is 4.99. The van der Waals surface area contributed by atoms with Crippen LogP contribution < -0.4 is 0 Å². The maximum atomic E-state index is 2.63. The average molecular weight is 303 g/mol. The van der Waals surface area contributed by atoms with Gasteiger partial charge in [-0.05, 0) is 85.9 Å². The molecule has 4 fully saturated rings. The molecule has 0 bridgehead atoms. The molecule has 0 aromatic rings. The number of hydrogen-bond donors (Lipinski definition) is 0. The molecule has 0 N–H and O–H groups in total. The summed E-state index contributed by atoms with van der Waals surface area (Å²) in [7, 11) is 0. The highest BCUT2D eigenvalue weighted by atomic mass is 14.5. The fraction of sp³-hybridized carbons (Fsp3) is 1.00. The fourth-order valence-electron chi connectivity index (χ4n) is 7.59. The molecule has 4 rings (SSSR count). The van der Waals surface area contributed by atoms with Crippen LogP contribution in [-0.2, 0) is 0 Å². The van der Waals surface area contributed by atoms with Crippen LogP contribution in [0.3, 0.4) is 0 Å². The van der Waals surface area contributed by atoms with Crippen LogP contribution in [0.5, 0.6) is 0 Å². The van der Waals surface area contributed by atoms with Crippen LogP contribution in [0.2, 0.25) is 0 Å². The first-order valence-corrected chi connectivity index (χ1v) is 10.6. The van der Waals surface area contributed by atoms with E-state index in [1.807, 2.05) is 0 Å². The van der Waals surface area contributed by atoms with E-state index < -0.39 is 0 Å². The van der Waals surface area contributed by atoms with Crippen molar-refractivity contribution < 1.29 is 0 Å². The highest BCUT2D eigenvalue weighted by Crippen LogP contribution is 2.58. The minimum atomic E-state index is 0.708. The summed E-state index contributed by atoms with van der Waals surface area (Å²) in [5.74, 6) is 6.62. The van der Waals surface area contributed by atoms with Crippen molar-refractivity contribution in [2.45, 2.75) is 97.3 Å². The van der Waals surface area contributed by atoms with Gasteiger partial charge >= 0.3 is 0 Å². The number of hydrogen-bond acceptors (Lipinski definition) is 0. The summed E-state index contributed by atoms with van der Waals surface area (Å²) in [5, 5.41) is 0. The minimum absolute atomic E-state index is 0.708. The van der Waals surface area contributed by atoms with Crippen molar-refractivity contribution in [2.75, 3.05) is 0 Å². The van der Waals surface area contributed by atoms with Crippen LogP contribution in [0.1, 0.15) is 97.3 Å². The Kier molecular flexibility index (Phi) is 4.33. The lowest BCUT2D eigenvalue weighted by Gasteiger charge is -2.44. The molecule has 0 aromatic carbocycles. The Morgan fingerprint density at radius 3 is 2.36 bits per heavy atom. The SMILES string of the molecule is CC1CC(CC2(C)CCCCC2)CC2C1CC1CCCCC12.